The van der Waals surface area contributed by atoms with Crippen LogP contribution >= 0.6 is 0 Å². The summed E-state index contributed by atoms with van der Waals surface area (Å²) in [5.74, 6) is 0.881. The third-order valence-electron chi connectivity index (χ3n) is 4.17. The van der Waals surface area contributed by atoms with Crippen molar-refractivity contribution in [3.05, 3.63) is 58.7 Å². The SMILES string of the molecule is C=C1N2C[C@H](CC[C@H]2CN=[N+]=[N-])N1OCc1ccccc1. The quantitative estimate of drug-likeness (QED) is 0.474. The highest BCUT2D eigenvalue weighted by Gasteiger charge is 2.41. The molecule has 110 valence electrons. The smallest absolute Gasteiger partial charge is 0.122 e. The lowest BCUT2D eigenvalue weighted by Gasteiger charge is -2.30. The molecule has 2 bridgehead atoms. The Balaban J connectivity index is 1.63. The molecule has 0 saturated carbocycles. The second kappa shape index (κ2) is 6.08. The summed E-state index contributed by atoms with van der Waals surface area (Å²) in [6.07, 6.45) is 2.05. The lowest BCUT2D eigenvalue weighted by molar-refractivity contribution is -0.156. The summed E-state index contributed by atoms with van der Waals surface area (Å²) in [5, 5.41) is 5.64. The minimum atomic E-state index is 0.245. The minimum absolute atomic E-state index is 0.245. The number of nitrogens with zero attached hydrogens (tertiary/aromatic N) is 5. The van der Waals surface area contributed by atoms with Crippen molar-refractivity contribution in [2.45, 2.75) is 31.5 Å². The van der Waals surface area contributed by atoms with Gasteiger partial charge in [0.15, 0.2) is 0 Å². The second-order valence-corrected chi connectivity index (χ2v) is 5.45. The molecule has 0 amide bonds. The number of hydrogen-bond acceptors (Lipinski definition) is 4. The topological polar surface area (TPSA) is 64.5 Å². The number of hydrogen-bond donors (Lipinski definition) is 0. The highest BCUT2D eigenvalue weighted by molar-refractivity contribution is 5.14. The lowest BCUT2D eigenvalue weighted by Crippen LogP contribution is -2.39. The van der Waals surface area contributed by atoms with Gasteiger partial charge in [0.25, 0.3) is 0 Å². The van der Waals surface area contributed by atoms with Gasteiger partial charge in [0, 0.05) is 24.0 Å². The number of hydroxylamine groups is 2. The largest absolute Gasteiger partial charge is 0.352 e. The molecule has 3 rings (SSSR count). The van der Waals surface area contributed by atoms with E-state index in [4.69, 9.17) is 10.4 Å². The van der Waals surface area contributed by atoms with E-state index in [0.29, 0.717) is 19.2 Å². The van der Waals surface area contributed by atoms with Crippen LogP contribution in [0.3, 0.4) is 0 Å². The summed E-state index contributed by atoms with van der Waals surface area (Å²) >= 11 is 0. The first-order chi connectivity index (χ1) is 10.3. The van der Waals surface area contributed by atoms with E-state index >= 15 is 0 Å². The predicted octanol–water partition coefficient (Wildman–Crippen LogP) is 3.05. The highest BCUT2D eigenvalue weighted by atomic mass is 16.7. The Morgan fingerprint density at radius 1 is 1.33 bits per heavy atom. The first-order valence-corrected chi connectivity index (χ1v) is 7.22. The number of fused-ring (bicyclic) bond motifs is 2. The van der Waals surface area contributed by atoms with Crippen LogP contribution in [0.25, 0.3) is 10.4 Å². The van der Waals surface area contributed by atoms with Crippen LogP contribution in [0.2, 0.25) is 0 Å². The van der Waals surface area contributed by atoms with Gasteiger partial charge >= 0.3 is 0 Å². The van der Waals surface area contributed by atoms with E-state index in [1.165, 1.54) is 0 Å². The molecule has 2 aliphatic rings. The van der Waals surface area contributed by atoms with Crippen molar-refractivity contribution in [1.29, 1.82) is 0 Å². The number of azide groups is 1. The van der Waals surface area contributed by atoms with Gasteiger partial charge in [-0.25, -0.2) is 5.06 Å². The van der Waals surface area contributed by atoms with Crippen molar-refractivity contribution >= 4 is 0 Å². The highest BCUT2D eigenvalue weighted by Crippen LogP contribution is 2.34. The molecule has 1 aromatic rings. The zero-order chi connectivity index (χ0) is 14.7. The van der Waals surface area contributed by atoms with E-state index in [1.807, 2.05) is 23.3 Å². The van der Waals surface area contributed by atoms with Gasteiger partial charge in [-0.1, -0.05) is 42.0 Å². The summed E-state index contributed by atoms with van der Waals surface area (Å²) in [5.41, 5.74) is 9.62. The Bertz CT molecular complexity index is 554. The average Bonchev–Trinajstić information content (AvgIpc) is 2.78. The van der Waals surface area contributed by atoms with Gasteiger partial charge in [-0.05, 0) is 23.9 Å². The fourth-order valence-corrected chi connectivity index (χ4v) is 3.07. The molecule has 6 heteroatoms. The second-order valence-electron chi connectivity index (χ2n) is 5.45. The van der Waals surface area contributed by atoms with Gasteiger partial charge in [-0.15, -0.1) is 0 Å². The standard InChI is InChI=1S/C15H19N5O/c1-12-19-10-15(8-7-14(19)9-17-18-16)20(12)21-11-13-5-3-2-4-6-13/h2-6,14-15H,1,7-11H2/t14-,15-/m0/s1. The molecule has 2 saturated heterocycles. The van der Waals surface area contributed by atoms with Crippen LogP contribution in [0.5, 0.6) is 0 Å². The van der Waals surface area contributed by atoms with Gasteiger partial charge in [0.2, 0.25) is 0 Å². The van der Waals surface area contributed by atoms with E-state index in [0.717, 1.165) is 30.8 Å². The Labute approximate surface area is 124 Å². The molecule has 0 radical (unpaired) electrons. The molecule has 6 nitrogen and oxygen atoms in total. The van der Waals surface area contributed by atoms with Crippen LogP contribution in [0, 0.1) is 0 Å². The summed E-state index contributed by atoms with van der Waals surface area (Å²) in [7, 11) is 0. The molecule has 0 spiro atoms. The Hall–Kier alpha value is -2.17. The third kappa shape index (κ3) is 2.82. The summed E-state index contributed by atoms with van der Waals surface area (Å²) in [4.78, 5) is 11.0. The molecule has 2 heterocycles. The van der Waals surface area contributed by atoms with Crippen LogP contribution in [-0.2, 0) is 11.4 Å². The minimum Gasteiger partial charge on any atom is -0.352 e. The van der Waals surface area contributed by atoms with E-state index in [2.05, 4.69) is 33.6 Å². The molecule has 0 aromatic heterocycles. The van der Waals surface area contributed by atoms with Crippen molar-refractivity contribution in [3.63, 3.8) is 0 Å². The van der Waals surface area contributed by atoms with Gasteiger partial charge in [-0.3, -0.25) is 4.84 Å². The van der Waals surface area contributed by atoms with E-state index in [1.54, 1.807) is 0 Å². The molecule has 2 aliphatic heterocycles. The molecule has 0 unspecified atom stereocenters. The van der Waals surface area contributed by atoms with E-state index in [-0.39, 0.29) is 6.04 Å². The molecular weight excluding hydrogens is 266 g/mol. The van der Waals surface area contributed by atoms with Crippen molar-refractivity contribution in [1.82, 2.24) is 9.96 Å². The maximum absolute atomic E-state index is 8.48. The molecule has 1 aromatic carbocycles. The predicted molar refractivity (Wildman–Crippen MR) is 79.7 cm³/mol. The van der Waals surface area contributed by atoms with Crippen molar-refractivity contribution < 1.29 is 4.84 Å². The van der Waals surface area contributed by atoms with Crippen molar-refractivity contribution in [3.8, 4) is 0 Å². The van der Waals surface area contributed by atoms with Crippen LogP contribution in [0.4, 0.5) is 0 Å². The van der Waals surface area contributed by atoms with Crippen molar-refractivity contribution in [2.24, 2.45) is 5.11 Å². The fourth-order valence-electron chi connectivity index (χ4n) is 3.07. The lowest BCUT2D eigenvalue weighted by atomic mass is 10.0. The average molecular weight is 285 g/mol. The van der Waals surface area contributed by atoms with Crippen LogP contribution < -0.4 is 0 Å². The normalized spacial score (nSPS) is 24.1. The molecule has 0 N–H and O–H groups in total. The Kier molecular flexibility index (Phi) is 3.99. The summed E-state index contributed by atoms with van der Waals surface area (Å²) in [6, 6.07) is 10.7. The monoisotopic (exact) mass is 285 g/mol. The van der Waals surface area contributed by atoms with Gasteiger partial charge in [0.1, 0.15) is 5.82 Å². The third-order valence-corrected chi connectivity index (χ3v) is 4.17. The zero-order valence-electron chi connectivity index (χ0n) is 11.9. The summed E-state index contributed by atoms with van der Waals surface area (Å²) < 4.78 is 0. The van der Waals surface area contributed by atoms with Crippen molar-refractivity contribution in [2.75, 3.05) is 13.1 Å². The van der Waals surface area contributed by atoms with Gasteiger partial charge in [0.05, 0.1) is 12.6 Å². The summed E-state index contributed by atoms with van der Waals surface area (Å²) in [6.45, 7) is 6.08. The Morgan fingerprint density at radius 2 is 2.14 bits per heavy atom. The number of benzene rings is 1. The van der Waals surface area contributed by atoms with E-state index < -0.39 is 0 Å². The van der Waals surface area contributed by atoms with Gasteiger partial charge in [-0.2, -0.15) is 0 Å². The maximum Gasteiger partial charge on any atom is 0.122 e. The fraction of sp³-hybridized carbons (Fsp3) is 0.467. The van der Waals surface area contributed by atoms with Crippen LogP contribution in [0.15, 0.2) is 47.8 Å². The van der Waals surface area contributed by atoms with E-state index in [9.17, 15) is 0 Å². The molecule has 21 heavy (non-hydrogen) atoms. The molecule has 2 atom stereocenters. The van der Waals surface area contributed by atoms with Crippen LogP contribution in [0.1, 0.15) is 18.4 Å². The maximum atomic E-state index is 8.48. The molecular formula is C15H19N5O. The molecule has 0 aliphatic carbocycles. The number of rotatable bonds is 5. The number of piperidine rings is 1. The van der Waals surface area contributed by atoms with Crippen LogP contribution in [-0.4, -0.2) is 35.1 Å². The zero-order valence-corrected chi connectivity index (χ0v) is 11.9. The first kappa shape index (κ1) is 13.8. The van der Waals surface area contributed by atoms with Gasteiger partial charge < -0.3 is 4.90 Å². The molecule has 2 fully saturated rings. The Morgan fingerprint density at radius 3 is 2.90 bits per heavy atom. The first-order valence-electron chi connectivity index (χ1n) is 7.22.